The molecule has 5 rings (SSSR count). The fraction of sp³-hybridized carbons (Fsp3) is 0.318. The van der Waals surface area contributed by atoms with Gasteiger partial charge in [0, 0.05) is 43.3 Å². The van der Waals surface area contributed by atoms with E-state index >= 15 is 0 Å². The molecule has 1 aliphatic heterocycles. The summed E-state index contributed by atoms with van der Waals surface area (Å²) in [6, 6.07) is 9.57. The number of benzene rings is 2. The highest BCUT2D eigenvalue weighted by molar-refractivity contribution is 7.86. The third-order valence-electron chi connectivity index (χ3n) is 5.91. The van der Waals surface area contributed by atoms with Crippen LogP contribution in [0.1, 0.15) is 30.5 Å². The molecule has 3 heterocycles. The third kappa shape index (κ3) is 4.40. The lowest BCUT2D eigenvalue weighted by Gasteiger charge is -2.21. The first kappa shape index (κ1) is 22.8. The van der Waals surface area contributed by atoms with Crippen molar-refractivity contribution in [1.82, 2.24) is 18.8 Å². The number of aromatic nitrogens is 3. The number of hydrogen-bond donors (Lipinski definition) is 1. The number of nitrogens with zero attached hydrogens (tertiary/aromatic N) is 4. The number of nitrogens with one attached hydrogen (secondary N) is 1. The van der Waals surface area contributed by atoms with Crippen molar-refractivity contribution in [3.8, 4) is 0 Å². The molecule has 4 aromatic rings. The molecule has 2 aromatic heterocycles. The van der Waals surface area contributed by atoms with E-state index in [1.165, 1.54) is 17.0 Å². The van der Waals surface area contributed by atoms with Crippen LogP contribution in [0.5, 0.6) is 0 Å². The minimum absolute atomic E-state index is 0.123. The van der Waals surface area contributed by atoms with Crippen molar-refractivity contribution in [3.05, 3.63) is 70.2 Å². The monoisotopic (exact) mass is 505 g/mol. The Morgan fingerprint density at radius 1 is 1.35 bits per heavy atom. The van der Waals surface area contributed by atoms with Crippen molar-refractivity contribution in [2.75, 3.05) is 17.8 Å². The van der Waals surface area contributed by atoms with Gasteiger partial charge in [-0.1, -0.05) is 24.3 Å². The van der Waals surface area contributed by atoms with Crippen LogP contribution in [0.2, 0.25) is 0 Å². The molecule has 0 radical (unpaired) electrons. The fourth-order valence-corrected chi connectivity index (χ4v) is 5.73. The highest BCUT2D eigenvalue weighted by Crippen LogP contribution is 2.29. The SMILES string of the molecule is C[C@H](c1ccccc1CN1CCC(F)C1)n1c(=O)oc2cc(S(=O)Nc3ncns3)c(F)cc21. The summed E-state index contributed by atoms with van der Waals surface area (Å²) >= 11 is 0.987. The maximum absolute atomic E-state index is 15.0. The number of likely N-dealkylation sites (tertiary alicyclic amines) is 1. The molecule has 178 valence electrons. The van der Waals surface area contributed by atoms with Gasteiger partial charge in [0.25, 0.3) is 0 Å². The number of rotatable bonds is 7. The predicted octanol–water partition coefficient (Wildman–Crippen LogP) is 3.87. The first-order chi connectivity index (χ1) is 16.4. The van der Waals surface area contributed by atoms with Gasteiger partial charge in [0.15, 0.2) is 16.6 Å². The quantitative estimate of drug-likeness (QED) is 0.410. The average Bonchev–Trinajstić information content (AvgIpc) is 3.53. The molecule has 1 fully saturated rings. The zero-order valence-corrected chi connectivity index (χ0v) is 19.7. The molecule has 34 heavy (non-hydrogen) atoms. The van der Waals surface area contributed by atoms with E-state index < -0.39 is 34.8 Å². The van der Waals surface area contributed by atoms with Gasteiger partial charge < -0.3 is 4.42 Å². The van der Waals surface area contributed by atoms with Crippen LogP contribution >= 0.6 is 11.5 Å². The molecular formula is C22H21F2N5O3S2. The van der Waals surface area contributed by atoms with Gasteiger partial charge in [-0.3, -0.25) is 14.2 Å². The Bertz CT molecular complexity index is 1410. The summed E-state index contributed by atoms with van der Waals surface area (Å²) in [6.07, 6.45) is 0.983. The van der Waals surface area contributed by atoms with Gasteiger partial charge in [-0.05, 0) is 24.5 Å². The largest absolute Gasteiger partial charge is 0.420 e. The van der Waals surface area contributed by atoms with Crippen LogP contribution in [0.25, 0.3) is 11.1 Å². The molecule has 0 spiro atoms. The zero-order valence-electron chi connectivity index (χ0n) is 18.1. The topological polar surface area (TPSA) is 93.3 Å². The number of oxazole rings is 1. The Balaban J connectivity index is 1.49. The van der Waals surface area contributed by atoms with Gasteiger partial charge in [-0.15, -0.1) is 0 Å². The lowest BCUT2D eigenvalue weighted by molar-refractivity contribution is 0.281. The maximum Gasteiger partial charge on any atom is 0.420 e. The van der Waals surface area contributed by atoms with Crippen molar-refractivity contribution in [3.63, 3.8) is 0 Å². The molecule has 12 heteroatoms. The molecular weight excluding hydrogens is 484 g/mol. The minimum Gasteiger partial charge on any atom is -0.408 e. The van der Waals surface area contributed by atoms with Gasteiger partial charge in [0.05, 0.1) is 16.5 Å². The van der Waals surface area contributed by atoms with E-state index in [0.717, 1.165) is 28.7 Å². The molecule has 0 bridgehead atoms. The summed E-state index contributed by atoms with van der Waals surface area (Å²) in [5.74, 6) is -1.40. The number of halogens is 2. The second-order valence-corrected chi connectivity index (χ2v) is 10.1. The Labute approximate surface area is 200 Å². The second-order valence-electron chi connectivity index (χ2n) is 8.10. The van der Waals surface area contributed by atoms with Crippen LogP contribution in [-0.2, 0) is 17.5 Å². The highest BCUT2D eigenvalue weighted by atomic mass is 32.2. The Morgan fingerprint density at radius 2 is 2.18 bits per heavy atom. The van der Waals surface area contributed by atoms with Gasteiger partial charge >= 0.3 is 5.76 Å². The minimum atomic E-state index is -1.96. The highest BCUT2D eigenvalue weighted by Gasteiger charge is 2.25. The van der Waals surface area contributed by atoms with Crippen molar-refractivity contribution in [2.45, 2.75) is 37.0 Å². The molecule has 0 amide bonds. The lowest BCUT2D eigenvalue weighted by atomic mass is 10.0. The number of anilines is 1. The van der Waals surface area contributed by atoms with Crippen LogP contribution in [0, 0.1) is 5.82 Å². The van der Waals surface area contributed by atoms with Crippen LogP contribution in [0.15, 0.2) is 56.8 Å². The Hall–Kier alpha value is -2.96. The van der Waals surface area contributed by atoms with Crippen molar-refractivity contribution in [2.24, 2.45) is 0 Å². The molecule has 3 atom stereocenters. The van der Waals surface area contributed by atoms with Crippen molar-refractivity contribution >= 4 is 38.7 Å². The molecule has 2 aromatic carbocycles. The molecule has 1 saturated heterocycles. The van der Waals surface area contributed by atoms with E-state index in [0.29, 0.717) is 26.1 Å². The molecule has 1 N–H and O–H groups in total. The summed E-state index contributed by atoms with van der Waals surface area (Å²) in [6.45, 7) is 3.45. The van der Waals surface area contributed by atoms with Crippen LogP contribution in [-0.4, -0.2) is 42.3 Å². The number of fused-ring (bicyclic) bond motifs is 1. The summed E-state index contributed by atoms with van der Waals surface area (Å²) in [5, 5.41) is 0.277. The fourth-order valence-electron chi connectivity index (χ4n) is 4.29. The van der Waals surface area contributed by atoms with Gasteiger partial charge in [0.2, 0.25) is 5.13 Å². The smallest absolute Gasteiger partial charge is 0.408 e. The van der Waals surface area contributed by atoms with Crippen molar-refractivity contribution < 1.29 is 17.4 Å². The Morgan fingerprint density at radius 3 is 2.91 bits per heavy atom. The van der Waals surface area contributed by atoms with Crippen LogP contribution in [0.4, 0.5) is 13.9 Å². The summed E-state index contributed by atoms with van der Waals surface area (Å²) in [7, 11) is -1.96. The molecule has 1 aliphatic rings. The van der Waals surface area contributed by atoms with E-state index in [1.807, 2.05) is 36.1 Å². The van der Waals surface area contributed by atoms with E-state index in [4.69, 9.17) is 4.42 Å². The van der Waals surface area contributed by atoms with E-state index in [2.05, 4.69) is 14.1 Å². The van der Waals surface area contributed by atoms with E-state index in [9.17, 15) is 17.8 Å². The van der Waals surface area contributed by atoms with Gasteiger partial charge in [0.1, 0.15) is 18.3 Å². The standard InChI is InChI=1S/C22H21F2N5O3S2/c1-13(16-5-3-2-4-14(16)10-28-7-6-15(23)11-28)29-18-8-17(24)20(9-19(18)32-22(29)30)34(31)27-21-25-12-26-33-21/h2-5,8-9,12-13,15H,6-7,10-11H2,1H3,(H,25,26,27)/t13-,15?,34?/m1/s1. The normalized spacial score (nSPS) is 18.4. The van der Waals surface area contributed by atoms with E-state index in [-0.39, 0.29) is 21.1 Å². The summed E-state index contributed by atoms with van der Waals surface area (Å²) in [5.41, 5.74) is 2.20. The van der Waals surface area contributed by atoms with Crippen molar-refractivity contribution in [1.29, 1.82) is 0 Å². The Kier molecular flexibility index (Phi) is 6.28. The third-order valence-corrected chi connectivity index (χ3v) is 7.71. The van der Waals surface area contributed by atoms with Crippen LogP contribution in [0.3, 0.4) is 0 Å². The summed E-state index contributed by atoms with van der Waals surface area (Å²) < 4.78 is 54.4. The maximum atomic E-state index is 15.0. The molecule has 0 saturated carbocycles. The number of alkyl halides is 1. The zero-order chi connectivity index (χ0) is 23.8. The predicted molar refractivity (Wildman–Crippen MR) is 125 cm³/mol. The first-order valence-electron chi connectivity index (χ1n) is 10.6. The second kappa shape index (κ2) is 9.35. The van der Waals surface area contributed by atoms with Crippen LogP contribution < -0.4 is 10.5 Å². The number of hydrogen-bond acceptors (Lipinski definition) is 7. The molecule has 0 aliphatic carbocycles. The van der Waals surface area contributed by atoms with Gasteiger partial charge in [-0.25, -0.2) is 22.8 Å². The first-order valence-corrected chi connectivity index (χ1v) is 12.6. The van der Waals surface area contributed by atoms with Gasteiger partial charge in [-0.2, -0.15) is 4.37 Å². The molecule has 8 nitrogen and oxygen atoms in total. The average molecular weight is 506 g/mol. The molecule has 2 unspecified atom stereocenters. The summed E-state index contributed by atoms with van der Waals surface area (Å²) in [4.78, 5) is 18.6. The van der Waals surface area contributed by atoms with E-state index in [1.54, 1.807) is 0 Å². The lowest BCUT2D eigenvalue weighted by Crippen LogP contribution is -2.24.